The zero-order chi connectivity index (χ0) is 14.1. The highest BCUT2D eigenvalue weighted by Crippen LogP contribution is 2.40. The average molecular weight is 265 g/mol. The van der Waals surface area contributed by atoms with Gasteiger partial charge in [0.05, 0.1) is 0 Å². The van der Waals surface area contributed by atoms with E-state index in [-0.39, 0.29) is 11.9 Å². The summed E-state index contributed by atoms with van der Waals surface area (Å²) in [6.45, 7) is 4.03. The maximum Gasteiger partial charge on any atom is 0.251 e. The molecule has 1 aliphatic rings. The fourth-order valence-electron chi connectivity index (χ4n) is 2.74. The summed E-state index contributed by atoms with van der Waals surface area (Å²) in [6, 6.07) is 16.6. The van der Waals surface area contributed by atoms with E-state index in [2.05, 4.69) is 35.6 Å². The second-order valence-electron chi connectivity index (χ2n) is 5.65. The van der Waals surface area contributed by atoms with Crippen LogP contribution in [0.25, 0.3) is 0 Å². The first-order valence-corrected chi connectivity index (χ1v) is 7.08. The summed E-state index contributed by atoms with van der Waals surface area (Å²) >= 11 is 0. The molecular formula is C18H19NO. The van der Waals surface area contributed by atoms with E-state index in [9.17, 15) is 4.79 Å². The number of nitrogens with one attached hydrogen (secondary N) is 1. The molecule has 1 amide bonds. The monoisotopic (exact) mass is 265 g/mol. The summed E-state index contributed by atoms with van der Waals surface area (Å²) < 4.78 is 0. The maximum atomic E-state index is 12.3. The van der Waals surface area contributed by atoms with Gasteiger partial charge in [-0.1, -0.05) is 48.0 Å². The van der Waals surface area contributed by atoms with Crippen molar-refractivity contribution in [3.8, 4) is 0 Å². The molecule has 2 aromatic rings. The number of amides is 1. The van der Waals surface area contributed by atoms with Gasteiger partial charge in [0.1, 0.15) is 0 Å². The third-order valence-electron chi connectivity index (χ3n) is 3.96. The van der Waals surface area contributed by atoms with E-state index in [0.717, 1.165) is 17.5 Å². The van der Waals surface area contributed by atoms with Crippen LogP contribution in [-0.2, 0) is 0 Å². The lowest BCUT2D eigenvalue weighted by Crippen LogP contribution is -2.27. The molecule has 0 aliphatic heterocycles. The number of hydrogen-bond acceptors (Lipinski definition) is 1. The van der Waals surface area contributed by atoms with Crippen molar-refractivity contribution in [3.63, 3.8) is 0 Å². The topological polar surface area (TPSA) is 29.1 Å². The summed E-state index contributed by atoms with van der Waals surface area (Å²) in [4.78, 5) is 12.3. The first-order valence-electron chi connectivity index (χ1n) is 7.08. The van der Waals surface area contributed by atoms with Crippen LogP contribution >= 0.6 is 0 Å². The molecule has 2 heteroatoms. The van der Waals surface area contributed by atoms with E-state index in [1.54, 1.807) is 0 Å². The molecule has 1 fully saturated rings. The van der Waals surface area contributed by atoms with Crippen molar-refractivity contribution in [2.45, 2.75) is 32.2 Å². The zero-order valence-electron chi connectivity index (χ0n) is 11.9. The van der Waals surface area contributed by atoms with Crippen LogP contribution in [0.1, 0.15) is 39.4 Å². The van der Waals surface area contributed by atoms with Gasteiger partial charge >= 0.3 is 0 Å². The Morgan fingerprint density at radius 3 is 2.55 bits per heavy atom. The lowest BCUT2D eigenvalue weighted by molar-refractivity contribution is 0.0949. The second-order valence-corrected chi connectivity index (χ2v) is 5.65. The van der Waals surface area contributed by atoms with Crippen LogP contribution in [0.2, 0.25) is 0 Å². The third kappa shape index (κ3) is 2.60. The maximum absolute atomic E-state index is 12.3. The van der Waals surface area contributed by atoms with E-state index in [0.29, 0.717) is 5.92 Å². The van der Waals surface area contributed by atoms with Gasteiger partial charge < -0.3 is 5.32 Å². The Balaban J connectivity index is 1.66. The van der Waals surface area contributed by atoms with E-state index in [1.165, 1.54) is 11.1 Å². The SMILES string of the molecule is Cc1ccc(C(=O)NC2CC2c2ccccc2)c(C)c1. The van der Waals surface area contributed by atoms with Crippen molar-refractivity contribution in [3.05, 3.63) is 70.8 Å². The molecule has 0 aromatic heterocycles. The molecule has 2 atom stereocenters. The molecule has 2 aromatic carbocycles. The first kappa shape index (κ1) is 12.9. The summed E-state index contributed by atoms with van der Waals surface area (Å²) in [6.07, 6.45) is 1.04. The lowest BCUT2D eigenvalue weighted by atomic mass is 10.1. The van der Waals surface area contributed by atoms with Gasteiger partial charge in [-0.05, 0) is 37.5 Å². The van der Waals surface area contributed by atoms with Gasteiger partial charge in [-0.15, -0.1) is 0 Å². The Bertz CT molecular complexity index is 633. The van der Waals surface area contributed by atoms with Crippen LogP contribution in [0.15, 0.2) is 48.5 Å². The molecule has 0 saturated heterocycles. The molecule has 2 nitrogen and oxygen atoms in total. The number of hydrogen-bond donors (Lipinski definition) is 1. The number of carbonyl (C=O) groups excluding carboxylic acids is 1. The van der Waals surface area contributed by atoms with Crippen molar-refractivity contribution in [2.75, 3.05) is 0 Å². The first-order chi connectivity index (χ1) is 9.65. The van der Waals surface area contributed by atoms with Crippen molar-refractivity contribution in [2.24, 2.45) is 0 Å². The molecule has 0 radical (unpaired) electrons. The highest BCUT2D eigenvalue weighted by molar-refractivity contribution is 5.96. The summed E-state index contributed by atoms with van der Waals surface area (Å²) in [5, 5.41) is 3.14. The molecule has 0 spiro atoms. The van der Waals surface area contributed by atoms with Crippen LogP contribution in [-0.4, -0.2) is 11.9 Å². The standard InChI is InChI=1S/C18H19NO/c1-12-8-9-15(13(2)10-12)18(20)19-17-11-16(17)14-6-4-3-5-7-14/h3-10,16-17H,11H2,1-2H3,(H,19,20). The minimum atomic E-state index is 0.0472. The Morgan fingerprint density at radius 2 is 1.85 bits per heavy atom. The third-order valence-corrected chi connectivity index (χ3v) is 3.96. The van der Waals surface area contributed by atoms with Crippen molar-refractivity contribution in [1.82, 2.24) is 5.32 Å². The van der Waals surface area contributed by atoms with Crippen LogP contribution in [0.4, 0.5) is 0 Å². The van der Waals surface area contributed by atoms with E-state index in [1.807, 2.05) is 32.0 Å². The molecule has 0 heterocycles. The Labute approximate surface area is 119 Å². The molecule has 1 aliphatic carbocycles. The van der Waals surface area contributed by atoms with Crippen LogP contribution in [0.3, 0.4) is 0 Å². The number of carbonyl (C=O) groups is 1. The smallest absolute Gasteiger partial charge is 0.251 e. The summed E-state index contributed by atoms with van der Waals surface area (Å²) in [7, 11) is 0. The lowest BCUT2D eigenvalue weighted by Gasteiger charge is -2.08. The molecule has 102 valence electrons. The predicted octanol–water partition coefficient (Wildman–Crippen LogP) is 3.59. The quantitative estimate of drug-likeness (QED) is 0.902. The van der Waals surface area contributed by atoms with E-state index in [4.69, 9.17) is 0 Å². The molecule has 1 saturated carbocycles. The van der Waals surface area contributed by atoms with Crippen molar-refractivity contribution >= 4 is 5.91 Å². The molecule has 2 unspecified atom stereocenters. The van der Waals surface area contributed by atoms with Gasteiger partial charge in [0, 0.05) is 17.5 Å². The van der Waals surface area contributed by atoms with Gasteiger partial charge in [0.2, 0.25) is 0 Å². The molecule has 3 rings (SSSR count). The van der Waals surface area contributed by atoms with Gasteiger partial charge in [-0.2, -0.15) is 0 Å². The highest BCUT2D eigenvalue weighted by Gasteiger charge is 2.39. The summed E-state index contributed by atoms with van der Waals surface area (Å²) in [5.41, 5.74) is 4.33. The van der Waals surface area contributed by atoms with Crippen LogP contribution < -0.4 is 5.32 Å². The Morgan fingerprint density at radius 1 is 1.10 bits per heavy atom. The zero-order valence-corrected chi connectivity index (χ0v) is 11.9. The minimum Gasteiger partial charge on any atom is -0.349 e. The number of aryl methyl sites for hydroxylation is 2. The van der Waals surface area contributed by atoms with Crippen LogP contribution in [0, 0.1) is 13.8 Å². The van der Waals surface area contributed by atoms with E-state index < -0.39 is 0 Å². The van der Waals surface area contributed by atoms with Crippen molar-refractivity contribution < 1.29 is 4.79 Å². The summed E-state index contributed by atoms with van der Waals surface area (Å²) in [5.74, 6) is 0.525. The molecule has 20 heavy (non-hydrogen) atoms. The fraction of sp³-hybridized carbons (Fsp3) is 0.278. The second kappa shape index (κ2) is 5.12. The number of rotatable bonds is 3. The van der Waals surface area contributed by atoms with E-state index >= 15 is 0 Å². The van der Waals surface area contributed by atoms with Gasteiger partial charge in [0.15, 0.2) is 0 Å². The van der Waals surface area contributed by atoms with Crippen molar-refractivity contribution in [1.29, 1.82) is 0 Å². The fourth-order valence-corrected chi connectivity index (χ4v) is 2.74. The van der Waals surface area contributed by atoms with Gasteiger partial charge in [0.25, 0.3) is 5.91 Å². The average Bonchev–Trinajstić information content (AvgIpc) is 3.18. The van der Waals surface area contributed by atoms with Gasteiger partial charge in [-0.25, -0.2) is 0 Å². The largest absolute Gasteiger partial charge is 0.349 e. The molecule has 0 bridgehead atoms. The highest BCUT2D eigenvalue weighted by atomic mass is 16.1. The molecule has 1 N–H and O–H groups in total. The molecular weight excluding hydrogens is 246 g/mol. The normalized spacial score (nSPS) is 20.5. The Kier molecular flexibility index (Phi) is 3.31. The van der Waals surface area contributed by atoms with Gasteiger partial charge in [-0.3, -0.25) is 4.79 Å². The Hall–Kier alpha value is -2.09. The minimum absolute atomic E-state index is 0.0472. The number of benzene rings is 2. The predicted molar refractivity (Wildman–Crippen MR) is 81.0 cm³/mol. The van der Waals surface area contributed by atoms with Crippen LogP contribution in [0.5, 0.6) is 0 Å².